The lowest BCUT2D eigenvalue weighted by Gasteiger charge is -2.32. The fraction of sp³-hybridized carbons (Fsp3) is 0.600. The minimum Gasteiger partial charge on any atom is -0.480 e. The molecule has 1 amide bonds. The number of carboxylic acid groups (broad SMARTS) is 1. The van der Waals surface area contributed by atoms with Gasteiger partial charge in [0.05, 0.1) is 4.88 Å². The van der Waals surface area contributed by atoms with E-state index in [2.05, 4.69) is 0 Å². The summed E-state index contributed by atoms with van der Waals surface area (Å²) in [4.78, 5) is 27.5. The summed E-state index contributed by atoms with van der Waals surface area (Å²) in [6.07, 6.45) is 6.88. The molecular formula is C15H19NO3S. The maximum atomic E-state index is 12.6. The standard InChI is InChI=1S/C15H19NO3S/c17-14(16-8-4-3-6-11(16)15(18)19)13-9-10-5-1-2-7-12(10)20-13/h9,11H,1-8H2,(H,18,19)/t11-/m0/s1. The van der Waals surface area contributed by atoms with Gasteiger partial charge in [0.1, 0.15) is 6.04 Å². The zero-order valence-corrected chi connectivity index (χ0v) is 12.2. The Hall–Kier alpha value is -1.36. The molecule has 5 heteroatoms. The number of carbonyl (C=O) groups excluding carboxylic acids is 1. The lowest BCUT2D eigenvalue weighted by Crippen LogP contribution is -2.47. The fourth-order valence-electron chi connectivity index (χ4n) is 3.17. The minimum absolute atomic E-state index is 0.0866. The number of hydrogen-bond acceptors (Lipinski definition) is 3. The molecule has 0 bridgehead atoms. The Balaban J connectivity index is 1.83. The highest BCUT2D eigenvalue weighted by molar-refractivity contribution is 7.14. The summed E-state index contributed by atoms with van der Waals surface area (Å²) in [5, 5.41) is 9.28. The average molecular weight is 293 g/mol. The number of likely N-dealkylation sites (tertiary alicyclic amines) is 1. The molecule has 1 saturated heterocycles. The topological polar surface area (TPSA) is 57.6 Å². The Morgan fingerprint density at radius 3 is 2.75 bits per heavy atom. The van der Waals surface area contributed by atoms with Crippen LogP contribution >= 0.6 is 11.3 Å². The third-order valence-corrected chi connectivity index (χ3v) is 5.48. The number of amides is 1. The normalized spacial score (nSPS) is 22.4. The van der Waals surface area contributed by atoms with Crippen LogP contribution in [0.4, 0.5) is 0 Å². The van der Waals surface area contributed by atoms with Crippen molar-refractivity contribution in [1.29, 1.82) is 0 Å². The first-order valence-electron chi connectivity index (χ1n) is 7.32. The van der Waals surface area contributed by atoms with Crippen molar-refractivity contribution < 1.29 is 14.7 Å². The molecule has 2 heterocycles. The monoisotopic (exact) mass is 293 g/mol. The number of fused-ring (bicyclic) bond motifs is 1. The molecule has 0 saturated carbocycles. The molecule has 20 heavy (non-hydrogen) atoms. The molecule has 108 valence electrons. The highest BCUT2D eigenvalue weighted by Crippen LogP contribution is 2.31. The molecule has 1 fully saturated rings. The fourth-order valence-corrected chi connectivity index (χ4v) is 4.38. The van der Waals surface area contributed by atoms with Gasteiger partial charge in [0, 0.05) is 11.4 Å². The molecule has 1 aliphatic heterocycles. The second-order valence-electron chi connectivity index (χ2n) is 5.61. The summed E-state index contributed by atoms with van der Waals surface area (Å²) in [6.45, 7) is 0.568. The Bertz CT molecular complexity index is 514. The molecular weight excluding hydrogens is 274 g/mol. The van der Waals surface area contributed by atoms with Gasteiger partial charge in [-0.15, -0.1) is 11.3 Å². The number of nitrogens with zero attached hydrogens (tertiary/aromatic N) is 1. The van der Waals surface area contributed by atoms with Gasteiger partial charge in [0.2, 0.25) is 0 Å². The molecule has 1 aromatic heterocycles. The van der Waals surface area contributed by atoms with Crippen molar-refractivity contribution in [3.05, 3.63) is 21.4 Å². The molecule has 1 N–H and O–H groups in total. The minimum atomic E-state index is -0.876. The molecule has 0 spiro atoms. The number of thiophene rings is 1. The van der Waals surface area contributed by atoms with Gasteiger partial charge in [0.25, 0.3) is 5.91 Å². The third-order valence-electron chi connectivity index (χ3n) is 4.26. The maximum Gasteiger partial charge on any atom is 0.326 e. The van der Waals surface area contributed by atoms with Crippen molar-refractivity contribution in [2.75, 3.05) is 6.54 Å². The summed E-state index contributed by atoms with van der Waals surface area (Å²) in [5.41, 5.74) is 1.30. The smallest absolute Gasteiger partial charge is 0.326 e. The highest BCUT2D eigenvalue weighted by atomic mass is 32.1. The predicted molar refractivity (Wildman–Crippen MR) is 77.3 cm³/mol. The summed E-state index contributed by atoms with van der Waals surface area (Å²) in [7, 11) is 0. The van der Waals surface area contributed by atoms with Gasteiger partial charge in [0.15, 0.2) is 0 Å². The first-order valence-corrected chi connectivity index (χ1v) is 8.14. The SMILES string of the molecule is O=C(O)[C@@H]1CCCCN1C(=O)c1cc2c(s1)CCCC2. The molecule has 0 unspecified atom stereocenters. The average Bonchev–Trinajstić information content (AvgIpc) is 2.90. The van der Waals surface area contributed by atoms with Crippen LogP contribution in [0.1, 0.15) is 52.2 Å². The van der Waals surface area contributed by atoms with E-state index in [1.165, 1.54) is 23.3 Å². The van der Waals surface area contributed by atoms with Crippen molar-refractivity contribution in [2.45, 2.75) is 51.0 Å². The van der Waals surface area contributed by atoms with Crippen LogP contribution in [0.25, 0.3) is 0 Å². The van der Waals surface area contributed by atoms with E-state index in [-0.39, 0.29) is 5.91 Å². The third kappa shape index (κ3) is 2.46. The molecule has 2 aliphatic rings. The van der Waals surface area contributed by atoms with Gasteiger partial charge in [-0.2, -0.15) is 0 Å². The van der Waals surface area contributed by atoms with E-state index >= 15 is 0 Å². The number of rotatable bonds is 2. The summed E-state index contributed by atoms with van der Waals surface area (Å²) >= 11 is 1.57. The molecule has 1 aromatic rings. The Morgan fingerprint density at radius 2 is 2.00 bits per heavy atom. The number of aryl methyl sites for hydroxylation is 2. The van der Waals surface area contributed by atoms with Crippen molar-refractivity contribution in [1.82, 2.24) is 4.90 Å². The summed E-state index contributed by atoms with van der Waals surface area (Å²) in [6, 6.07) is 1.35. The molecule has 0 aromatic carbocycles. The van der Waals surface area contributed by atoms with Crippen LogP contribution in [0, 0.1) is 0 Å². The van der Waals surface area contributed by atoms with Crippen LogP contribution in [0.5, 0.6) is 0 Å². The van der Waals surface area contributed by atoms with Crippen LogP contribution in [0.15, 0.2) is 6.07 Å². The molecule has 4 nitrogen and oxygen atoms in total. The lowest BCUT2D eigenvalue weighted by molar-refractivity contribution is -0.143. The van der Waals surface area contributed by atoms with Crippen LogP contribution in [0.3, 0.4) is 0 Å². The van der Waals surface area contributed by atoms with E-state index in [1.54, 1.807) is 16.2 Å². The first-order chi connectivity index (χ1) is 9.66. The van der Waals surface area contributed by atoms with Gasteiger partial charge in [-0.3, -0.25) is 4.79 Å². The number of carboxylic acids is 1. The molecule has 0 radical (unpaired) electrons. The van der Waals surface area contributed by atoms with Crippen molar-refractivity contribution in [3.63, 3.8) is 0 Å². The van der Waals surface area contributed by atoms with Crippen LogP contribution in [-0.2, 0) is 17.6 Å². The van der Waals surface area contributed by atoms with Crippen LogP contribution in [0.2, 0.25) is 0 Å². The number of carbonyl (C=O) groups is 2. The Morgan fingerprint density at radius 1 is 1.20 bits per heavy atom. The van der Waals surface area contributed by atoms with Gasteiger partial charge >= 0.3 is 5.97 Å². The van der Waals surface area contributed by atoms with E-state index in [4.69, 9.17) is 0 Å². The Labute approximate surface area is 122 Å². The maximum absolute atomic E-state index is 12.6. The molecule has 1 aliphatic carbocycles. The lowest BCUT2D eigenvalue weighted by atomic mass is 9.99. The van der Waals surface area contributed by atoms with E-state index in [9.17, 15) is 14.7 Å². The van der Waals surface area contributed by atoms with E-state index in [1.807, 2.05) is 6.07 Å². The van der Waals surface area contributed by atoms with E-state index in [0.29, 0.717) is 13.0 Å². The number of piperidine rings is 1. The second-order valence-corrected chi connectivity index (χ2v) is 6.75. The van der Waals surface area contributed by atoms with Crippen molar-refractivity contribution in [2.24, 2.45) is 0 Å². The van der Waals surface area contributed by atoms with Crippen LogP contribution in [-0.4, -0.2) is 34.5 Å². The van der Waals surface area contributed by atoms with Crippen molar-refractivity contribution in [3.8, 4) is 0 Å². The van der Waals surface area contributed by atoms with Crippen LogP contribution < -0.4 is 0 Å². The predicted octanol–water partition coefficient (Wildman–Crippen LogP) is 2.71. The molecule has 1 atom stereocenters. The zero-order valence-electron chi connectivity index (χ0n) is 11.4. The largest absolute Gasteiger partial charge is 0.480 e. The second kappa shape index (κ2) is 5.56. The zero-order chi connectivity index (χ0) is 14.1. The number of hydrogen-bond donors (Lipinski definition) is 1. The summed E-state index contributed by atoms with van der Waals surface area (Å²) in [5.74, 6) is -0.962. The Kier molecular flexibility index (Phi) is 3.78. The van der Waals surface area contributed by atoms with E-state index < -0.39 is 12.0 Å². The van der Waals surface area contributed by atoms with E-state index in [0.717, 1.165) is 30.6 Å². The van der Waals surface area contributed by atoms with Gasteiger partial charge in [-0.25, -0.2) is 4.79 Å². The quantitative estimate of drug-likeness (QED) is 0.912. The summed E-state index contributed by atoms with van der Waals surface area (Å²) < 4.78 is 0. The van der Waals surface area contributed by atoms with Gasteiger partial charge < -0.3 is 10.0 Å². The molecule has 3 rings (SSSR count). The first kappa shape index (κ1) is 13.6. The highest BCUT2D eigenvalue weighted by Gasteiger charge is 2.33. The number of aliphatic carboxylic acids is 1. The van der Waals surface area contributed by atoms with Crippen molar-refractivity contribution >= 4 is 23.2 Å². The van der Waals surface area contributed by atoms with Gasteiger partial charge in [-0.1, -0.05) is 0 Å². The van der Waals surface area contributed by atoms with Gasteiger partial charge in [-0.05, 0) is 56.6 Å².